The Morgan fingerprint density at radius 2 is 1.84 bits per heavy atom. The SMILES string of the molecule is CC(CC1CCCCN1)NC1CCN(C(C)C)CC1. The molecule has 0 aromatic heterocycles. The van der Waals surface area contributed by atoms with Crippen molar-refractivity contribution in [2.45, 2.75) is 83.5 Å². The first-order valence-corrected chi connectivity index (χ1v) is 8.38. The van der Waals surface area contributed by atoms with Crippen LogP contribution in [0.2, 0.25) is 0 Å². The second kappa shape index (κ2) is 7.61. The molecule has 0 aromatic rings. The first kappa shape index (κ1) is 15.3. The van der Waals surface area contributed by atoms with E-state index in [1.165, 1.54) is 58.2 Å². The maximum Gasteiger partial charge on any atom is 0.00939 e. The second-order valence-corrected chi connectivity index (χ2v) is 6.85. The van der Waals surface area contributed by atoms with Gasteiger partial charge in [-0.25, -0.2) is 0 Å². The molecule has 0 saturated carbocycles. The number of nitrogens with zero attached hydrogens (tertiary/aromatic N) is 1. The standard InChI is InChI=1S/C16H33N3/c1-13(2)19-10-7-15(8-11-19)18-14(3)12-16-6-4-5-9-17-16/h13-18H,4-12H2,1-3H3. The van der Waals surface area contributed by atoms with Gasteiger partial charge in [0.15, 0.2) is 0 Å². The van der Waals surface area contributed by atoms with Gasteiger partial charge in [-0.3, -0.25) is 0 Å². The summed E-state index contributed by atoms with van der Waals surface area (Å²) >= 11 is 0. The topological polar surface area (TPSA) is 27.3 Å². The fraction of sp³-hybridized carbons (Fsp3) is 1.00. The highest BCUT2D eigenvalue weighted by molar-refractivity contribution is 4.83. The van der Waals surface area contributed by atoms with E-state index in [1.807, 2.05) is 0 Å². The number of nitrogens with one attached hydrogen (secondary N) is 2. The van der Waals surface area contributed by atoms with Gasteiger partial charge < -0.3 is 15.5 Å². The molecular formula is C16H33N3. The molecule has 2 rings (SSSR count). The van der Waals surface area contributed by atoms with E-state index in [9.17, 15) is 0 Å². The van der Waals surface area contributed by atoms with Crippen LogP contribution in [-0.4, -0.2) is 48.7 Å². The van der Waals surface area contributed by atoms with Gasteiger partial charge in [0.05, 0.1) is 0 Å². The van der Waals surface area contributed by atoms with E-state index in [0.29, 0.717) is 12.1 Å². The van der Waals surface area contributed by atoms with E-state index < -0.39 is 0 Å². The summed E-state index contributed by atoms with van der Waals surface area (Å²) in [5.74, 6) is 0. The molecule has 0 aromatic carbocycles. The monoisotopic (exact) mass is 267 g/mol. The molecule has 0 bridgehead atoms. The van der Waals surface area contributed by atoms with E-state index in [0.717, 1.165) is 12.1 Å². The van der Waals surface area contributed by atoms with Crippen molar-refractivity contribution in [3.8, 4) is 0 Å². The Hall–Kier alpha value is -0.120. The van der Waals surface area contributed by atoms with Crippen molar-refractivity contribution < 1.29 is 0 Å². The number of hydrogen-bond donors (Lipinski definition) is 2. The Balaban J connectivity index is 1.64. The number of piperidine rings is 2. The van der Waals surface area contributed by atoms with Crippen LogP contribution in [0, 0.1) is 0 Å². The van der Waals surface area contributed by atoms with Crippen molar-refractivity contribution in [1.29, 1.82) is 0 Å². The average molecular weight is 267 g/mol. The van der Waals surface area contributed by atoms with Gasteiger partial charge in [-0.2, -0.15) is 0 Å². The highest BCUT2D eigenvalue weighted by Gasteiger charge is 2.23. The minimum absolute atomic E-state index is 0.659. The Morgan fingerprint density at radius 3 is 2.42 bits per heavy atom. The third kappa shape index (κ3) is 5.05. The largest absolute Gasteiger partial charge is 0.314 e. The van der Waals surface area contributed by atoms with Crippen molar-refractivity contribution in [2.24, 2.45) is 0 Å². The Labute approximate surface area is 119 Å². The lowest BCUT2D eigenvalue weighted by molar-refractivity contribution is 0.155. The second-order valence-electron chi connectivity index (χ2n) is 6.85. The smallest absolute Gasteiger partial charge is 0.00939 e. The summed E-state index contributed by atoms with van der Waals surface area (Å²) in [4.78, 5) is 2.60. The Kier molecular flexibility index (Phi) is 6.11. The number of hydrogen-bond acceptors (Lipinski definition) is 3. The van der Waals surface area contributed by atoms with Crippen molar-refractivity contribution in [1.82, 2.24) is 15.5 Å². The van der Waals surface area contributed by atoms with Gasteiger partial charge in [-0.1, -0.05) is 6.42 Å². The first-order valence-electron chi connectivity index (χ1n) is 8.38. The van der Waals surface area contributed by atoms with Crippen LogP contribution in [0.1, 0.15) is 59.3 Å². The molecule has 3 nitrogen and oxygen atoms in total. The van der Waals surface area contributed by atoms with Crippen LogP contribution in [0.5, 0.6) is 0 Å². The van der Waals surface area contributed by atoms with Crippen LogP contribution < -0.4 is 10.6 Å². The van der Waals surface area contributed by atoms with Crippen LogP contribution in [-0.2, 0) is 0 Å². The van der Waals surface area contributed by atoms with Gasteiger partial charge in [0.25, 0.3) is 0 Å². The van der Waals surface area contributed by atoms with Gasteiger partial charge in [-0.05, 0) is 72.5 Å². The zero-order valence-electron chi connectivity index (χ0n) is 13.1. The summed E-state index contributed by atoms with van der Waals surface area (Å²) in [6.45, 7) is 10.7. The number of rotatable bonds is 5. The molecule has 2 atom stereocenters. The molecule has 0 aliphatic carbocycles. The van der Waals surface area contributed by atoms with Gasteiger partial charge in [0.1, 0.15) is 0 Å². The summed E-state index contributed by atoms with van der Waals surface area (Å²) < 4.78 is 0. The average Bonchev–Trinajstić information content (AvgIpc) is 2.40. The summed E-state index contributed by atoms with van der Waals surface area (Å²) in [6.07, 6.45) is 8.09. The third-order valence-electron chi connectivity index (χ3n) is 4.83. The quantitative estimate of drug-likeness (QED) is 0.801. The molecule has 3 heteroatoms. The molecular weight excluding hydrogens is 234 g/mol. The van der Waals surface area contributed by atoms with Crippen molar-refractivity contribution in [3.63, 3.8) is 0 Å². The maximum atomic E-state index is 3.86. The minimum Gasteiger partial charge on any atom is -0.314 e. The molecule has 19 heavy (non-hydrogen) atoms. The van der Waals surface area contributed by atoms with Gasteiger partial charge in [-0.15, -0.1) is 0 Å². The minimum atomic E-state index is 0.659. The van der Waals surface area contributed by atoms with Crippen LogP contribution in [0.3, 0.4) is 0 Å². The van der Waals surface area contributed by atoms with E-state index in [4.69, 9.17) is 0 Å². The van der Waals surface area contributed by atoms with Gasteiger partial charge in [0.2, 0.25) is 0 Å². The first-order chi connectivity index (χ1) is 9.15. The predicted octanol–water partition coefficient (Wildman–Crippen LogP) is 2.37. The van der Waals surface area contributed by atoms with Crippen LogP contribution >= 0.6 is 0 Å². The van der Waals surface area contributed by atoms with E-state index in [1.54, 1.807) is 0 Å². The molecule has 2 unspecified atom stereocenters. The summed E-state index contributed by atoms with van der Waals surface area (Å²) in [5.41, 5.74) is 0. The molecule has 2 N–H and O–H groups in total. The summed E-state index contributed by atoms with van der Waals surface area (Å²) in [5, 5.41) is 7.52. The fourth-order valence-electron chi connectivity index (χ4n) is 3.60. The van der Waals surface area contributed by atoms with Crippen LogP contribution in [0.15, 0.2) is 0 Å². The molecule has 2 fully saturated rings. The zero-order valence-corrected chi connectivity index (χ0v) is 13.1. The lowest BCUT2D eigenvalue weighted by Crippen LogP contribution is -2.48. The molecule has 2 aliphatic heterocycles. The molecule has 2 saturated heterocycles. The molecule has 0 spiro atoms. The van der Waals surface area contributed by atoms with Crippen molar-refractivity contribution in [3.05, 3.63) is 0 Å². The van der Waals surface area contributed by atoms with E-state index in [2.05, 4.69) is 36.3 Å². The third-order valence-corrected chi connectivity index (χ3v) is 4.83. The molecule has 0 amide bonds. The maximum absolute atomic E-state index is 3.86. The molecule has 0 radical (unpaired) electrons. The number of likely N-dealkylation sites (tertiary alicyclic amines) is 1. The summed E-state index contributed by atoms with van der Waals surface area (Å²) in [6, 6.07) is 2.87. The van der Waals surface area contributed by atoms with E-state index in [-0.39, 0.29) is 0 Å². The van der Waals surface area contributed by atoms with E-state index >= 15 is 0 Å². The summed E-state index contributed by atoms with van der Waals surface area (Å²) in [7, 11) is 0. The Morgan fingerprint density at radius 1 is 1.11 bits per heavy atom. The lowest BCUT2D eigenvalue weighted by Gasteiger charge is -2.36. The highest BCUT2D eigenvalue weighted by atomic mass is 15.2. The lowest BCUT2D eigenvalue weighted by atomic mass is 9.97. The highest BCUT2D eigenvalue weighted by Crippen LogP contribution is 2.16. The zero-order chi connectivity index (χ0) is 13.7. The van der Waals surface area contributed by atoms with Gasteiger partial charge >= 0.3 is 0 Å². The van der Waals surface area contributed by atoms with Crippen molar-refractivity contribution >= 4 is 0 Å². The molecule has 2 aliphatic rings. The van der Waals surface area contributed by atoms with Gasteiger partial charge in [0, 0.05) is 24.2 Å². The fourth-order valence-corrected chi connectivity index (χ4v) is 3.60. The van der Waals surface area contributed by atoms with Crippen molar-refractivity contribution in [2.75, 3.05) is 19.6 Å². The molecule has 112 valence electrons. The van der Waals surface area contributed by atoms with Crippen LogP contribution in [0.4, 0.5) is 0 Å². The molecule has 2 heterocycles. The van der Waals surface area contributed by atoms with Crippen LogP contribution in [0.25, 0.3) is 0 Å². The normalized spacial score (nSPS) is 28.7. The predicted molar refractivity (Wildman–Crippen MR) is 82.6 cm³/mol. The Bertz CT molecular complexity index is 240.